The fourth-order valence-electron chi connectivity index (χ4n) is 5.93. The number of rotatable bonds is 5. The minimum Gasteiger partial charge on any atom is -0.454 e. The van der Waals surface area contributed by atoms with E-state index in [4.69, 9.17) is 31.0 Å². The van der Waals surface area contributed by atoms with E-state index in [-0.39, 0.29) is 0 Å². The van der Waals surface area contributed by atoms with Gasteiger partial charge >= 0.3 is 0 Å². The summed E-state index contributed by atoms with van der Waals surface area (Å²) in [5.41, 5.74) is 7.78. The number of hydrogen-bond donors (Lipinski definition) is 0. The van der Waals surface area contributed by atoms with Crippen molar-refractivity contribution < 1.29 is 4.42 Å². The first kappa shape index (κ1) is 26.3. The molecule has 5 heteroatoms. The Bertz CT molecular complexity index is 2200. The highest BCUT2D eigenvalue weighted by molar-refractivity contribution is 6.36. The van der Waals surface area contributed by atoms with Crippen LogP contribution in [0.25, 0.3) is 61.4 Å². The number of aromatic nitrogens is 3. The Morgan fingerprint density at radius 3 is 2.07 bits per heavy atom. The number of fused-ring (bicyclic) bond motifs is 3. The summed E-state index contributed by atoms with van der Waals surface area (Å²) < 4.78 is 6.19. The monoisotopic (exact) mass is 587 g/mol. The average Bonchev–Trinajstić information content (AvgIpc) is 3.49. The van der Waals surface area contributed by atoms with Gasteiger partial charge < -0.3 is 4.42 Å². The summed E-state index contributed by atoms with van der Waals surface area (Å²) in [7, 11) is 0. The minimum atomic E-state index is 0.321. The number of halogens is 1. The molecule has 0 spiro atoms. The molecule has 7 aromatic rings. The van der Waals surface area contributed by atoms with Crippen LogP contribution < -0.4 is 0 Å². The van der Waals surface area contributed by atoms with Crippen LogP contribution >= 0.6 is 11.6 Å². The maximum Gasteiger partial charge on any atom is 0.164 e. The van der Waals surface area contributed by atoms with Gasteiger partial charge in [0, 0.05) is 33.4 Å². The Morgan fingerprint density at radius 1 is 0.614 bits per heavy atom. The maximum atomic E-state index is 6.52. The van der Waals surface area contributed by atoms with Crippen molar-refractivity contribution in [2.45, 2.75) is 12.3 Å². The van der Waals surface area contributed by atoms with E-state index in [1.54, 1.807) is 0 Å². The van der Waals surface area contributed by atoms with Crippen LogP contribution in [0.4, 0.5) is 0 Å². The van der Waals surface area contributed by atoms with Crippen molar-refractivity contribution in [3.05, 3.63) is 156 Å². The summed E-state index contributed by atoms with van der Waals surface area (Å²) in [6.07, 6.45) is 7.48. The highest BCUT2D eigenvalue weighted by atomic mass is 35.5. The quantitative estimate of drug-likeness (QED) is 0.201. The lowest BCUT2D eigenvalue weighted by Crippen LogP contribution is -2.05. The summed E-state index contributed by atoms with van der Waals surface area (Å²) in [6, 6.07) is 41.1. The highest BCUT2D eigenvalue weighted by Gasteiger charge is 2.20. The van der Waals surface area contributed by atoms with Gasteiger partial charge in [0.2, 0.25) is 0 Å². The predicted molar refractivity (Wildman–Crippen MR) is 179 cm³/mol. The van der Waals surface area contributed by atoms with Gasteiger partial charge in [-0.3, -0.25) is 0 Å². The second-order valence-corrected chi connectivity index (χ2v) is 11.3. The fourth-order valence-corrected chi connectivity index (χ4v) is 6.14. The van der Waals surface area contributed by atoms with Crippen molar-refractivity contribution in [1.82, 2.24) is 15.0 Å². The zero-order valence-corrected chi connectivity index (χ0v) is 24.4. The van der Waals surface area contributed by atoms with Crippen LogP contribution in [0.3, 0.4) is 0 Å². The molecule has 2 aromatic heterocycles. The number of benzene rings is 5. The maximum absolute atomic E-state index is 6.52. The van der Waals surface area contributed by atoms with Gasteiger partial charge in [0.1, 0.15) is 5.58 Å². The van der Waals surface area contributed by atoms with Gasteiger partial charge in [-0.05, 0) is 35.2 Å². The number of para-hydroxylation sites is 1. The van der Waals surface area contributed by atoms with Gasteiger partial charge in [-0.2, -0.15) is 0 Å². The topological polar surface area (TPSA) is 51.8 Å². The molecule has 4 nitrogen and oxygen atoms in total. The molecule has 1 unspecified atom stereocenters. The molecule has 2 heterocycles. The molecule has 5 aromatic carbocycles. The molecule has 0 saturated heterocycles. The first-order valence-electron chi connectivity index (χ1n) is 14.7. The molecule has 44 heavy (non-hydrogen) atoms. The molecule has 8 rings (SSSR count). The van der Waals surface area contributed by atoms with Crippen LogP contribution in [0.2, 0.25) is 5.02 Å². The van der Waals surface area contributed by atoms with Crippen LogP contribution in [0.15, 0.2) is 144 Å². The van der Waals surface area contributed by atoms with Gasteiger partial charge in [-0.25, -0.2) is 15.0 Å². The van der Waals surface area contributed by atoms with Crippen LogP contribution in [0.1, 0.15) is 23.7 Å². The second kappa shape index (κ2) is 11.1. The Morgan fingerprint density at radius 2 is 1.30 bits per heavy atom. The molecule has 0 fully saturated rings. The second-order valence-electron chi connectivity index (χ2n) is 10.9. The zero-order chi connectivity index (χ0) is 29.5. The first-order valence-corrected chi connectivity index (χ1v) is 15.0. The lowest BCUT2D eigenvalue weighted by atomic mass is 9.90. The SMILES string of the molecule is Clc1cccc2c1oc1cccc(-c3nc(C4=CCC(c5ccccc5)C=C4)nc(-c4ccc(-c5ccccc5)cc4)n3)c12. The summed E-state index contributed by atoms with van der Waals surface area (Å²) >= 11 is 6.52. The molecule has 0 radical (unpaired) electrons. The molecule has 0 N–H and O–H groups in total. The molecule has 210 valence electrons. The summed E-state index contributed by atoms with van der Waals surface area (Å²) in [5.74, 6) is 2.17. The smallest absolute Gasteiger partial charge is 0.164 e. The largest absolute Gasteiger partial charge is 0.454 e. The molecule has 0 saturated carbocycles. The number of furan rings is 1. The van der Waals surface area contributed by atoms with E-state index in [1.807, 2.05) is 42.5 Å². The van der Waals surface area contributed by atoms with Gasteiger partial charge in [-0.15, -0.1) is 0 Å². The number of nitrogens with zero attached hydrogens (tertiary/aromatic N) is 3. The highest BCUT2D eigenvalue weighted by Crippen LogP contribution is 2.39. The summed E-state index contributed by atoms with van der Waals surface area (Å²) in [5, 5.41) is 2.44. The van der Waals surface area contributed by atoms with Crippen molar-refractivity contribution in [3.8, 4) is 33.9 Å². The van der Waals surface area contributed by atoms with E-state index in [0.717, 1.165) is 45.0 Å². The Hall–Kier alpha value is -5.32. The van der Waals surface area contributed by atoms with Crippen molar-refractivity contribution in [1.29, 1.82) is 0 Å². The third kappa shape index (κ3) is 4.80. The van der Waals surface area contributed by atoms with Crippen molar-refractivity contribution in [2.75, 3.05) is 0 Å². The Balaban J connectivity index is 1.26. The number of hydrogen-bond acceptors (Lipinski definition) is 4. The van der Waals surface area contributed by atoms with E-state index in [1.165, 1.54) is 11.1 Å². The van der Waals surface area contributed by atoms with E-state index in [0.29, 0.717) is 34.0 Å². The van der Waals surface area contributed by atoms with Gasteiger partial charge in [0.15, 0.2) is 23.1 Å². The van der Waals surface area contributed by atoms with Crippen molar-refractivity contribution in [3.63, 3.8) is 0 Å². The van der Waals surface area contributed by atoms with E-state index < -0.39 is 0 Å². The summed E-state index contributed by atoms with van der Waals surface area (Å²) in [4.78, 5) is 15.1. The first-order chi connectivity index (χ1) is 21.7. The fraction of sp³-hybridized carbons (Fsp3) is 0.0513. The standard InChI is InChI=1S/C39H26ClN3O/c40-33-15-7-13-31-35-32(14-8-16-34(35)44-36(31)33)39-42-37(29-21-17-27(18-22-29)25-9-3-1-4-10-25)41-38(43-39)30-23-19-28(20-24-30)26-11-5-2-6-12-26/h1-19,21-24,28H,20H2. The van der Waals surface area contributed by atoms with Crippen LogP contribution in [-0.2, 0) is 0 Å². The van der Waals surface area contributed by atoms with Crippen LogP contribution in [0, 0.1) is 0 Å². The number of allylic oxidation sites excluding steroid dienone is 4. The van der Waals surface area contributed by atoms with Gasteiger partial charge in [-0.1, -0.05) is 139 Å². The van der Waals surface area contributed by atoms with Gasteiger partial charge in [0.25, 0.3) is 0 Å². The molecule has 1 aliphatic carbocycles. The van der Waals surface area contributed by atoms with E-state index >= 15 is 0 Å². The molecular weight excluding hydrogens is 562 g/mol. The van der Waals surface area contributed by atoms with E-state index in [9.17, 15) is 0 Å². The van der Waals surface area contributed by atoms with Crippen molar-refractivity contribution in [2.24, 2.45) is 0 Å². The molecule has 1 atom stereocenters. The Kier molecular flexibility index (Phi) is 6.62. The zero-order valence-electron chi connectivity index (χ0n) is 23.7. The van der Waals surface area contributed by atoms with Crippen LogP contribution in [0.5, 0.6) is 0 Å². The lowest BCUT2D eigenvalue weighted by Gasteiger charge is -2.17. The van der Waals surface area contributed by atoms with Crippen molar-refractivity contribution >= 4 is 39.1 Å². The molecular formula is C39H26ClN3O. The Labute approximate surface area is 260 Å². The minimum absolute atomic E-state index is 0.321. The third-order valence-electron chi connectivity index (χ3n) is 8.19. The summed E-state index contributed by atoms with van der Waals surface area (Å²) in [6.45, 7) is 0. The molecule has 0 amide bonds. The van der Waals surface area contributed by atoms with Crippen LogP contribution in [-0.4, -0.2) is 15.0 Å². The lowest BCUT2D eigenvalue weighted by molar-refractivity contribution is 0.669. The normalized spacial score (nSPS) is 14.7. The average molecular weight is 588 g/mol. The predicted octanol–water partition coefficient (Wildman–Crippen LogP) is 10.6. The van der Waals surface area contributed by atoms with Gasteiger partial charge in [0.05, 0.1) is 5.02 Å². The molecule has 0 bridgehead atoms. The molecule has 0 aliphatic heterocycles. The van der Waals surface area contributed by atoms with E-state index in [2.05, 4.69) is 97.1 Å². The molecule has 1 aliphatic rings. The third-order valence-corrected chi connectivity index (χ3v) is 8.48.